The van der Waals surface area contributed by atoms with Crippen molar-refractivity contribution < 1.29 is 9.90 Å². The Kier molecular flexibility index (Phi) is 4.02. The molecule has 1 aliphatic carbocycles. The second kappa shape index (κ2) is 6.18. The SMILES string of the molecule is O=C(O)c1cnc2ccc(Cl)nc2c1NC1CCN(C2CC2)CC1. The van der Waals surface area contributed by atoms with E-state index in [0.29, 0.717) is 21.9 Å². The molecule has 0 bridgehead atoms. The van der Waals surface area contributed by atoms with Crippen LogP contribution in [0, 0.1) is 0 Å². The molecule has 1 saturated heterocycles. The van der Waals surface area contributed by atoms with Gasteiger partial charge < -0.3 is 15.3 Å². The maximum Gasteiger partial charge on any atom is 0.339 e. The van der Waals surface area contributed by atoms with Gasteiger partial charge in [0.05, 0.1) is 11.2 Å². The maximum absolute atomic E-state index is 11.6. The van der Waals surface area contributed by atoms with Crippen LogP contribution in [0.5, 0.6) is 0 Å². The van der Waals surface area contributed by atoms with Crippen LogP contribution in [0.2, 0.25) is 5.15 Å². The average molecular weight is 347 g/mol. The Labute approximate surface area is 144 Å². The van der Waals surface area contributed by atoms with Gasteiger partial charge in [0.25, 0.3) is 0 Å². The third-order valence-corrected chi connectivity index (χ3v) is 5.06. The Hall–Kier alpha value is -1.92. The predicted molar refractivity (Wildman–Crippen MR) is 92.7 cm³/mol. The van der Waals surface area contributed by atoms with Crippen molar-refractivity contribution in [3.8, 4) is 0 Å². The number of nitrogens with one attached hydrogen (secondary N) is 1. The summed E-state index contributed by atoms with van der Waals surface area (Å²) in [5, 5.41) is 13.2. The molecular weight excluding hydrogens is 328 g/mol. The molecule has 2 aromatic heterocycles. The number of aromatic carboxylic acids is 1. The van der Waals surface area contributed by atoms with Crippen molar-refractivity contribution in [2.75, 3.05) is 18.4 Å². The van der Waals surface area contributed by atoms with Gasteiger partial charge >= 0.3 is 5.97 Å². The molecule has 1 aliphatic heterocycles. The minimum atomic E-state index is -1.01. The van der Waals surface area contributed by atoms with Gasteiger partial charge in [-0.15, -0.1) is 0 Å². The number of nitrogens with zero attached hydrogens (tertiary/aromatic N) is 3. The smallest absolute Gasteiger partial charge is 0.339 e. The van der Waals surface area contributed by atoms with Gasteiger partial charge in [-0.05, 0) is 37.8 Å². The van der Waals surface area contributed by atoms with E-state index in [1.165, 1.54) is 19.0 Å². The molecule has 0 aromatic carbocycles. The molecule has 1 saturated carbocycles. The van der Waals surface area contributed by atoms with Crippen molar-refractivity contribution in [3.63, 3.8) is 0 Å². The number of halogens is 1. The van der Waals surface area contributed by atoms with Gasteiger partial charge in [-0.25, -0.2) is 9.78 Å². The molecule has 0 spiro atoms. The van der Waals surface area contributed by atoms with Crippen molar-refractivity contribution in [1.82, 2.24) is 14.9 Å². The monoisotopic (exact) mass is 346 g/mol. The van der Waals surface area contributed by atoms with Gasteiger partial charge in [-0.1, -0.05) is 11.6 Å². The summed E-state index contributed by atoms with van der Waals surface area (Å²) >= 11 is 6.01. The van der Waals surface area contributed by atoms with E-state index >= 15 is 0 Å². The van der Waals surface area contributed by atoms with Crippen LogP contribution < -0.4 is 5.32 Å². The first-order chi connectivity index (χ1) is 11.6. The Balaban J connectivity index is 1.63. The summed E-state index contributed by atoms with van der Waals surface area (Å²) in [7, 11) is 0. The van der Waals surface area contributed by atoms with Gasteiger partial charge in [0, 0.05) is 31.4 Å². The largest absolute Gasteiger partial charge is 0.478 e. The van der Waals surface area contributed by atoms with E-state index in [2.05, 4.69) is 20.2 Å². The highest BCUT2D eigenvalue weighted by Gasteiger charge is 2.32. The minimum Gasteiger partial charge on any atom is -0.478 e. The Morgan fingerprint density at radius 1 is 1.25 bits per heavy atom. The number of pyridine rings is 2. The second-order valence-electron chi connectivity index (χ2n) is 6.54. The van der Waals surface area contributed by atoms with E-state index in [-0.39, 0.29) is 11.6 Å². The highest BCUT2D eigenvalue weighted by Crippen LogP contribution is 2.32. The third-order valence-electron chi connectivity index (χ3n) is 4.85. The Morgan fingerprint density at radius 2 is 2.00 bits per heavy atom. The quantitative estimate of drug-likeness (QED) is 0.828. The van der Waals surface area contributed by atoms with Gasteiger partial charge in [0.1, 0.15) is 16.2 Å². The van der Waals surface area contributed by atoms with E-state index in [0.717, 1.165) is 32.0 Å². The Morgan fingerprint density at radius 3 is 2.67 bits per heavy atom. The molecule has 2 aliphatic rings. The zero-order chi connectivity index (χ0) is 16.7. The first kappa shape index (κ1) is 15.6. The summed E-state index contributed by atoms with van der Waals surface area (Å²) < 4.78 is 0. The van der Waals surface area contributed by atoms with E-state index in [1.54, 1.807) is 12.1 Å². The molecule has 24 heavy (non-hydrogen) atoms. The molecule has 2 aromatic rings. The number of likely N-dealkylation sites (tertiary alicyclic amines) is 1. The summed E-state index contributed by atoms with van der Waals surface area (Å²) in [6.07, 6.45) is 6.03. The highest BCUT2D eigenvalue weighted by atomic mass is 35.5. The predicted octanol–water partition coefficient (Wildman–Crippen LogP) is 3.02. The average Bonchev–Trinajstić information content (AvgIpc) is 3.40. The number of fused-ring (bicyclic) bond motifs is 1. The Bertz CT molecular complexity index is 785. The molecule has 7 heteroatoms. The van der Waals surface area contributed by atoms with Crippen LogP contribution in [0.3, 0.4) is 0 Å². The van der Waals surface area contributed by atoms with Gasteiger partial charge in [0.15, 0.2) is 0 Å². The van der Waals surface area contributed by atoms with Crippen molar-refractivity contribution >= 4 is 34.3 Å². The van der Waals surface area contributed by atoms with Crippen molar-refractivity contribution in [2.24, 2.45) is 0 Å². The summed E-state index contributed by atoms with van der Waals surface area (Å²) in [5.74, 6) is -1.01. The summed E-state index contributed by atoms with van der Waals surface area (Å²) in [4.78, 5) is 22.6. The van der Waals surface area contributed by atoms with Crippen molar-refractivity contribution in [2.45, 2.75) is 37.8 Å². The number of anilines is 1. The first-order valence-electron chi connectivity index (χ1n) is 8.31. The molecule has 0 unspecified atom stereocenters. The molecule has 2 N–H and O–H groups in total. The summed E-state index contributed by atoms with van der Waals surface area (Å²) in [5.41, 5.74) is 1.83. The first-order valence-corrected chi connectivity index (χ1v) is 8.69. The second-order valence-corrected chi connectivity index (χ2v) is 6.93. The fourth-order valence-corrected chi connectivity index (χ4v) is 3.55. The standard InChI is InChI=1S/C17H19ClN4O2/c18-14-4-3-13-16(21-14)15(12(9-19-13)17(23)24)20-10-5-7-22(8-6-10)11-1-2-11/h3-4,9-11H,1-2,5-8H2,(H,19,20)(H,23,24). The van der Waals surface area contributed by atoms with Crippen LogP contribution in [-0.4, -0.2) is 51.1 Å². The lowest BCUT2D eigenvalue weighted by molar-refractivity contribution is 0.0697. The molecule has 6 nitrogen and oxygen atoms in total. The lowest BCUT2D eigenvalue weighted by Crippen LogP contribution is -2.40. The number of carboxylic acids is 1. The van der Waals surface area contributed by atoms with E-state index < -0.39 is 5.97 Å². The van der Waals surface area contributed by atoms with Crippen LogP contribution in [0.25, 0.3) is 11.0 Å². The third kappa shape index (κ3) is 3.03. The van der Waals surface area contributed by atoms with Gasteiger partial charge in [0.2, 0.25) is 0 Å². The molecule has 2 fully saturated rings. The van der Waals surface area contributed by atoms with Crippen LogP contribution >= 0.6 is 11.6 Å². The van der Waals surface area contributed by atoms with Gasteiger partial charge in [-0.3, -0.25) is 4.98 Å². The number of carbonyl (C=O) groups is 1. The number of rotatable bonds is 4. The normalized spacial score (nSPS) is 19.5. The van der Waals surface area contributed by atoms with Crippen molar-refractivity contribution in [3.05, 3.63) is 29.0 Å². The molecular formula is C17H19ClN4O2. The number of hydrogen-bond acceptors (Lipinski definition) is 5. The number of hydrogen-bond donors (Lipinski definition) is 2. The zero-order valence-electron chi connectivity index (χ0n) is 13.2. The van der Waals surface area contributed by atoms with E-state index in [4.69, 9.17) is 11.6 Å². The molecule has 3 heterocycles. The number of aromatic nitrogens is 2. The van der Waals surface area contributed by atoms with Crippen molar-refractivity contribution in [1.29, 1.82) is 0 Å². The van der Waals surface area contributed by atoms with Gasteiger partial charge in [-0.2, -0.15) is 0 Å². The molecule has 4 rings (SSSR count). The fourth-order valence-electron chi connectivity index (χ4n) is 3.40. The zero-order valence-corrected chi connectivity index (χ0v) is 14.0. The maximum atomic E-state index is 11.6. The number of piperidine rings is 1. The molecule has 0 amide bonds. The van der Waals surface area contributed by atoms with Crippen LogP contribution in [-0.2, 0) is 0 Å². The number of carboxylic acid groups (broad SMARTS) is 1. The molecule has 0 atom stereocenters. The van der Waals surface area contributed by atoms with Crippen LogP contribution in [0.15, 0.2) is 18.3 Å². The molecule has 126 valence electrons. The minimum absolute atomic E-state index is 0.141. The summed E-state index contributed by atoms with van der Waals surface area (Å²) in [6.45, 7) is 2.11. The lowest BCUT2D eigenvalue weighted by atomic mass is 10.0. The van der Waals surface area contributed by atoms with Crippen LogP contribution in [0.1, 0.15) is 36.0 Å². The van der Waals surface area contributed by atoms with Crippen LogP contribution in [0.4, 0.5) is 5.69 Å². The van der Waals surface area contributed by atoms with E-state index in [9.17, 15) is 9.90 Å². The summed E-state index contributed by atoms with van der Waals surface area (Å²) in [6, 6.07) is 4.44. The molecule has 0 radical (unpaired) electrons. The lowest BCUT2D eigenvalue weighted by Gasteiger charge is -2.33. The highest BCUT2D eigenvalue weighted by molar-refractivity contribution is 6.29. The van der Waals surface area contributed by atoms with E-state index in [1.807, 2.05) is 0 Å². The topological polar surface area (TPSA) is 78.3 Å². The fraction of sp³-hybridized carbons (Fsp3) is 0.471.